The third-order valence-corrected chi connectivity index (χ3v) is 4.51. The first-order valence-electron chi connectivity index (χ1n) is 8.72. The van der Waals surface area contributed by atoms with Crippen molar-refractivity contribution >= 4 is 5.91 Å². The van der Waals surface area contributed by atoms with Gasteiger partial charge in [-0.2, -0.15) is 0 Å². The van der Waals surface area contributed by atoms with Crippen LogP contribution in [0.15, 0.2) is 48.8 Å². The zero-order valence-electron chi connectivity index (χ0n) is 14.6. The maximum absolute atomic E-state index is 12.4. The van der Waals surface area contributed by atoms with E-state index >= 15 is 0 Å². The van der Waals surface area contributed by atoms with Crippen LogP contribution in [0.25, 0.3) is 0 Å². The van der Waals surface area contributed by atoms with E-state index in [1.165, 1.54) is 0 Å². The molecule has 0 atom stereocenters. The molecule has 2 heterocycles. The average Bonchev–Trinajstić information content (AvgIpc) is 2.68. The van der Waals surface area contributed by atoms with E-state index in [1.54, 1.807) is 13.3 Å². The van der Waals surface area contributed by atoms with Crippen LogP contribution < -0.4 is 9.47 Å². The standard InChI is InChI=1S/C20H24N2O3/c1-24-17-5-7-18(8-6-17)25-19-10-13-22(14-11-19)20(23)9-4-16-3-2-12-21-15-16/h2-3,5-8,12,15,19H,4,9-11,13-14H2,1H3. The predicted molar refractivity (Wildman–Crippen MR) is 95.8 cm³/mol. The van der Waals surface area contributed by atoms with Crippen molar-refractivity contribution in [3.8, 4) is 11.5 Å². The third-order valence-electron chi connectivity index (χ3n) is 4.51. The average molecular weight is 340 g/mol. The smallest absolute Gasteiger partial charge is 0.222 e. The van der Waals surface area contributed by atoms with Crippen LogP contribution in [0.5, 0.6) is 11.5 Å². The lowest BCUT2D eigenvalue weighted by molar-refractivity contribution is -0.132. The lowest BCUT2D eigenvalue weighted by atomic mass is 10.1. The van der Waals surface area contributed by atoms with Gasteiger partial charge in [-0.05, 0) is 42.3 Å². The molecular weight excluding hydrogens is 316 g/mol. The van der Waals surface area contributed by atoms with Gasteiger partial charge in [0.05, 0.1) is 7.11 Å². The second-order valence-electron chi connectivity index (χ2n) is 6.23. The summed E-state index contributed by atoms with van der Waals surface area (Å²) in [6, 6.07) is 11.5. The molecule has 0 N–H and O–H groups in total. The fourth-order valence-electron chi connectivity index (χ4n) is 3.03. The number of methoxy groups -OCH3 is 1. The Bertz CT molecular complexity index is 665. The van der Waals surface area contributed by atoms with E-state index < -0.39 is 0 Å². The van der Waals surface area contributed by atoms with Crippen LogP contribution >= 0.6 is 0 Å². The number of aromatic nitrogens is 1. The zero-order chi connectivity index (χ0) is 17.5. The summed E-state index contributed by atoms with van der Waals surface area (Å²) in [5.41, 5.74) is 1.11. The van der Waals surface area contributed by atoms with Crippen LogP contribution in [0.2, 0.25) is 0 Å². The van der Waals surface area contributed by atoms with Gasteiger partial charge in [0.15, 0.2) is 0 Å². The Hall–Kier alpha value is -2.56. The highest BCUT2D eigenvalue weighted by molar-refractivity contribution is 5.76. The summed E-state index contributed by atoms with van der Waals surface area (Å²) >= 11 is 0. The molecule has 0 spiro atoms. The van der Waals surface area contributed by atoms with Crippen LogP contribution in [0.1, 0.15) is 24.8 Å². The number of hydrogen-bond donors (Lipinski definition) is 0. The molecule has 2 aromatic rings. The SMILES string of the molecule is COc1ccc(OC2CCN(C(=O)CCc3cccnc3)CC2)cc1. The number of carbonyl (C=O) groups excluding carboxylic acids is 1. The molecule has 132 valence electrons. The molecule has 1 aromatic carbocycles. The molecule has 1 aliphatic rings. The number of likely N-dealkylation sites (tertiary alicyclic amines) is 1. The van der Waals surface area contributed by atoms with E-state index in [4.69, 9.17) is 9.47 Å². The number of hydrogen-bond acceptors (Lipinski definition) is 4. The van der Waals surface area contributed by atoms with Crippen molar-refractivity contribution in [3.63, 3.8) is 0 Å². The van der Waals surface area contributed by atoms with E-state index in [0.29, 0.717) is 6.42 Å². The fraction of sp³-hybridized carbons (Fsp3) is 0.400. The summed E-state index contributed by atoms with van der Waals surface area (Å²) in [4.78, 5) is 18.4. The third kappa shape index (κ3) is 4.95. The molecule has 1 saturated heterocycles. The summed E-state index contributed by atoms with van der Waals surface area (Å²) < 4.78 is 11.2. The van der Waals surface area contributed by atoms with Gasteiger partial charge in [-0.1, -0.05) is 6.07 Å². The molecule has 0 saturated carbocycles. The number of benzene rings is 1. The highest BCUT2D eigenvalue weighted by Crippen LogP contribution is 2.22. The van der Waals surface area contributed by atoms with Crippen molar-refractivity contribution < 1.29 is 14.3 Å². The summed E-state index contributed by atoms with van der Waals surface area (Å²) in [7, 11) is 1.65. The highest BCUT2D eigenvalue weighted by Gasteiger charge is 2.23. The minimum Gasteiger partial charge on any atom is -0.497 e. The molecule has 0 aliphatic carbocycles. The molecule has 1 amide bonds. The topological polar surface area (TPSA) is 51.7 Å². The Morgan fingerprint density at radius 3 is 2.52 bits per heavy atom. The minimum absolute atomic E-state index is 0.163. The number of aryl methyl sites for hydroxylation is 1. The van der Waals surface area contributed by atoms with E-state index in [0.717, 1.165) is 49.4 Å². The Morgan fingerprint density at radius 1 is 1.16 bits per heavy atom. The van der Waals surface area contributed by atoms with Crippen molar-refractivity contribution in [1.29, 1.82) is 0 Å². The Labute approximate surface area is 148 Å². The largest absolute Gasteiger partial charge is 0.497 e. The molecule has 1 fully saturated rings. The van der Waals surface area contributed by atoms with Gasteiger partial charge in [-0.3, -0.25) is 9.78 Å². The number of nitrogens with zero attached hydrogens (tertiary/aromatic N) is 2. The molecule has 3 rings (SSSR count). The van der Waals surface area contributed by atoms with Crippen molar-refractivity contribution in [1.82, 2.24) is 9.88 Å². The second-order valence-corrected chi connectivity index (χ2v) is 6.23. The number of carbonyl (C=O) groups is 1. The van der Waals surface area contributed by atoms with Gasteiger partial charge in [0.1, 0.15) is 17.6 Å². The number of rotatable bonds is 6. The lowest BCUT2D eigenvalue weighted by Crippen LogP contribution is -2.41. The molecule has 1 aromatic heterocycles. The van der Waals surface area contributed by atoms with E-state index in [9.17, 15) is 4.79 Å². The van der Waals surface area contributed by atoms with Gasteiger partial charge in [0, 0.05) is 44.7 Å². The van der Waals surface area contributed by atoms with Crippen LogP contribution in [-0.4, -0.2) is 42.1 Å². The maximum Gasteiger partial charge on any atom is 0.222 e. The van der Waals surface area contributed by atoms with Crippen LogP contribution in [0, 0.1) is 0 Å². The van der Waals surface area contributed by atoms with Gasteiger partial charge in [0.25, 0.3) is 0 Å². The zero-order valence-corrected chi connectivity index (χ0v) is 14.6. The Balaban J connectivity index is 1.42. The molecule has 5 heteroatoms. The number of piperidine rings is 1. The quantitative estimate of drug-likeness (QED) is 0.811. The molecule has 0 unspecified atom stereocenters. The van der Waals surface area contributed by atoms with Gasteiger partial charge < -0.3 is 14.4 Å². The highest BCUT2D eigenvalue weighted by atomic mass is 16.5. The fourth-order valence-corrected chi connectivity index (χ4v) is 3.03. The summed E-state index contributed by atoms with van der Waals surface area (Å²) in [5.74, 6) is 1.88. The molecular formula is C20H24N2O3. The Morgan fingerprint density at radius 2 is 1.88 bits per heavy atom. The molecule has 5 nitrogen and oxygen atoms in total. The van der Waals surface area contributed by atoms with Crippen LogP contribution in [0.4, 0.5) is 0 Å². The lowest BCUT2D eigenvalue weighted by Gasteiger charge is -2.32. The first-order chi connectivity index (χ1) is 12.2. The van der Waals surface area contributed by atoms with Crippen molar-refractivity contribution in [3.05, 3.63) is 54.4 Å². The normalized spacial score (nSPS) is 15.0. The summed E-state index contributed by atoms with van der Waals surface area (Å²) in [6.45, 7) is 1.51. The molecule has 0 radical (unpaired) electrons. The van der Waals surface area contributed by atoms with Crippen molar-refractivity contribution in [2.45, 2.75) is 31.8 Å². The Kier molecular flexibility index (Phi) is 5.88. The summed E-state index contributed by atoms with van der Waals surface area (Å²) in [5, 5.41) is 0. The predicted octanol–water partition coefficient (Wildman–Crippen LogP) is 3.09. The minimum atomic E-state index is 0.163. The second kappa shape index (κ2) is 8.51. The number of pyridine rings is 1. The number of amides is 1. The van der Waals surface area contributed by atoms with Gasteiger partial charge in [-0.25, -0.2) is 0 Å². The molecule has 1 aliphatic heterocycles. The first-order valence-corrected chi connectivity index (χ1v) is 8.72. The van der Waals surface area contributed by atoms with E-state index in [-0.39, 0.29) is 12.0 Å². The van der Waals surface area contributed by atoms with Gasteiger partial charge >= 0.3 is 0 Å². The monoisotopic (exact) mass is 340 g/mol. The summed E-state index contributed by atoms with van der Waals surface area (Å²) in [6.07, 6.45) is 6.75. The van der Waals surface area contributed by atoms with E-state index in [1.807, 2.05) is 47.5 Å². The van der Waals surface area contributed by atoms with Crippen molar-refractivity contribution in [2.75, 3.05) is 20.2 Å². The first kappa shape index (κ1) is 17.3. The van der Waals surface area contributed by atoms with E-state index in [2.05, 4.69) is 4.98 Å². The van der Waals surface area contributed by atoms with Crippen LogP contribution in [0.3, 0.4) is 0 Å². The molecule has 0 bridgehead atoms. The molecule has 25 heavy (non-hydrogen) atoms. The van der Waals surface area contributed by atoms with Gasteiger partial charge in [0.2, 0.25) is 5.91 Å². The van der Waals surface area contributed by atoms with Crippen molar-refractivity contribution in [2.24, 2.45) is 0 Å². The van der Waals surface area contributed by atoms with Crippen LogP contribution in [-0.2, 0) is 11.2 Å². The maximum atomic E-state index is 12.4. The number of ether oxygens (including phenoxy) is 2. The van der Waals surface area contributed by atoms with Gasteiger partial charge in [-0.15, -0.1) is 0 Å².